The average molecular weight is 343 g/mol. The van der Waals surface area contributed by atoms with Crippen LogP contribution in [0.4, 0.5) is 5.69 Å². The zero-order valence-electron chi connectivity index (χ0n) is 14.0. The Hall–Kier alpha value is -2.40. The standard InChI is InChI=1S/C19H21NO3S/c1-13(2)16-8-4-5-9-17(16)20-19(22)14(3)23-18(21)11-10-15-7-6-12-24-15/h4-14H,1-3H3,(H,20,22)/b11-10+/t14-/m1/s1. The Labute approximate surface area is 146 Å². The number of benzene rings is 1. The molecule has 0 bridgehead atoms. The first kappa shape index (κ1) is 17.9. The summed E-state index contributed by atoms with van der Waals surface area (Å²) in [4.78, 5) is 25.0. The highest BCUT2D eigenvalue weighted by molar-refractivity contribution is 7.10. The minimum Gasteiger partial charge on any atom is -0.449 e. The van der Waals surface area contributed by atoms with Gasteiger partial charge in [-0.2, -0.15) is 0 Å². The molecule has 1 heterocycles. The molecule has 24 heavy (non-hydrogen) atoms. The van der Waals surface area contributed by atoms with Crippen molar-refractivity contribution in [1.82, 2.24) is 0 Å². The first-order valence-electron chi connectivity index (χ1n) is 7.79. The largest absolute Gasteiger partial charge is 0.449 e. The molecule has 126 valence electrons. The molecule has 1 amide bonds. The molecule has 0 fully saturated rings. The molecule has 0 aliphatic carbocycles. The monoisotopic (exact) mass is 343 g/mol. The summed E-state index contributed by atoms with van der Waals surface area (Å²) in [6.45, 7) is 5.68. The lowest BCUT2D eigenvalue weighted by Crippen LogP contribution is -2.29. The number of hydrogen-bond donors (Lipinski definition) is 1. The lowest BCUT2D eigenvalue weighted by molar-refractivity contribution is -0.148. The van der Waals surface area contributed by atoms with Gasteiger partial charge in [0.05, 0.1) is 0 Å². The fourth-order valence-electron chi connectivity index (χ4n) is 2.15. The van der Waals surface area contributed by atoms with Crippen LogP contribution in [0.5, 0.6) is 0 Å². The molecule has 4 nitrogen and oxygen atoms in total. The van der Waals surface area contributed by atoms with Crippen molar-refractivity contribution in [3.63, 3.8) is 0 Å². The van der Waals surface area contributed by atoms with E-state index in [0.717, 1.165) is 16.1 Å². The van der Waals surface area contributed by atoms with Crippen LogP contribution in [-0.2, 0) is 14.3 Å². The van der Waals surface area contributed by atoms with Crippen LogP contribution in [0.1, 0.15) is 37.1 Å². The number of nitrogens with one attached hydrogen (secondary N) is 1. The minimum absolute atomic E-state index is 0.285. The highest BCUT2D eigenvalue weighted by Crippen LogP contribution is 2.23. The molecule has 0 unspecified atom stereocenters. The van der Waals surface area contributed by atoms with E-state index in [1.165, 1.54) is 17.4 Å². The van der Waals surface area contributed by atoms with Crippen LogP contribution < -0.4 is 5.32 Å². The van der Waals surface area contributed by atoms with Gasteiger partial charge in [0.2, 0.25) is 0 Å². The van der Waals surface area contributed by atoms with E-state index in [-0.39, 0.29) is 11.8 Å². The maximum absolute atomic E-state index is 12.2. The smallest absolute Gasteiger partial charge is 0.331 e. The summed E-state index contributed by atoms with van der Waals surface area (Å²) in [6, 6.07) is 11.4. The van der Waals surface area contributed by atoms with Gasteiger partial charge >= 0.3 is 5.97 Å². The van der Waals surface area contributed by atoms with E-state index in [9.17, 15) is 9.59 Å². The van der Waals surface area contributed by atoms with Gasteiger partial charge in [-0.15, -0.1) is 11.3 Å². The Balaban J connectivity index is 1.94. The SMILES string of the molecule is CC(C)c1ccccc1NC(=O)[C@@H](C)OC(=O)/C=C/c1cccs1. The third-order valence-electron chi connectivity index (χ3n) is 3.43. The molecule has 1 aromatic carbocycles. The number of carbonyl (C=O) groups is 2. The quantitative estimate of drug-likeness (QED) is 0.622. The maximum Gasteiger partial charge on any atom is 0.331 e. The second-order valence-electron chi connectivity index (χ2n) is 5.66. The predicted molar refractivity (Wildman–Crippen MR) is 98.1 cm³/mol. The van der Waals surface area contributed by atoms with Crippen LogP contribution in [0, 0.1) is 0 Å². The number of amides is 1. The molecule has 1 aromatic heterocycles. The van der Waals surface area contributed by atoms with Crippen molar-refractivity contribution in [3.8, 4) is 0 Å². The van der Waals surface area contributed by atoms with E-state index in [0.29, 0.717) is 0 Å². The Kier molecular flexibility index (Phi) is 6.32. The second kappa shape index (κ2) is 8.45. The summed E-state index contributed by atoms with van der Waals surface area (Å²) in [5, 5.41) is 4.75. The molecule has 0 spiro atoms. The van der Waals surface area contributed by atoms with Crippen LogP contribution in [0.25, 0.3) is 6.08 Å². The maximum atomic E-state index is 12.2. The summed E-state index contributed by atoms with van der Waals surface area (Å²) in [6.07, 6.45) is 2.13. The molecule has 0 aliphatic rings. The molecular formula is C19H21NO3S. The first-order valence-corrected chi connectivity index (χ1v) is 8.67. The van der Waals surface area contributed by atoms with E-state index >= 15 is 0 Å². The van der Waals surface area contributed by atoms with E-state index < -0.39 is 12.1 Å². The van der Waals surface area contributed by atoms with Crippen LogP contribution in [0.2, 0.25) is 0 Å². The highest BCUT2D eigenvalue weighted by atomic mass is 32.1. The molecule has 2 rings (SSSR count). The van der Waals surface area contributed by atoms with Gasteiger partial charge in [-0.1, -0.05) is 38.1 Å². The number of hydrogen-bond acceptors (Lipinski definition) is 4. The van der Waals surface area contributed by atoms with Gasteiger partial charge < -0.3 is 10.1 Å². The summed E-state index contributed by atoms with van der Waals surface area (Å²) in [5.41, 5.74) is 1.79. The zero-order chi connectivity index (χ0) is 17.5. The fraction of sp³-hybridized carbons (Fsp3) is 0.263. The van der Waals surface area contributed by atoms with Crippen molar-refractivity contribution in [1.29, 1.82) is 0 Å². The number of ether oxygens (including phenoxy) is 1. The highest BCUT2D eigenvalue weighted by Gasteiger charge is 2.18. The summed E-state index contributed by atoms with van der Waals surface area (Å²) >= 11 is 1.52. The normalized spacial score (nSPS) is 12.3. The number of anilines is 1. The van der Waals surface area contributed by atoms with Crippen molar-refractivity contribution in [2.75, 3.05) is 5.32 Å². The van der Waals surface area contributed by atoms with Gasteiger partial charge in [-0.3, -0.25) is 4.79 Å². The van der Waals surface area contributed by atoms with Crippen LogP contribution in [-0.4, -0.2) is 18.0 Å². The third-order valence-corrected chi connectivity index (χ3v) is 4.27. The summed E-state index contributed by atoms with van der Waals surface area (Å²) < 4.78 is 5.15. The van der Waals surface area contributed by atoms with Gasteiger partial charge in [-0.05, 0) is 42.0 Å². The second-order valence-corrected chi connectivity index (χ2v) is 6.64. The molecule has 5 heteroatoms. The van der Waals surface area contributed by atoms with Crippen LogP contribution in [0.15, 0.2) is 47.9 Å². The number of carbonyl (C=O) groups excluding carboxylic acids is 2. The summed E-state index contributed by atoms with van der Waals surface area (Å²) in [7, 11) is 0. The lowest BCUT2D eigenvalue weighted by atomic mass is 10.0. The molecule has 0 saturated carbocycles. The van der Waals surface area contributed by atoms with E-state index in [1.54, 1.807) is 13.0 Å². The van der Waals surface area contributed by atoms with Gasteiger partial charge in [0.1, 0.15) is 0 Å². The van der Waals surface area contributed by atoms with Gasteiger partial charge in [-0.25, -0.2) is 4.79 Å². The Morgan fingerprint density at radius 1 is 1.12 bits per heavy atom. The van der Waals surface area contributed by atoms with Gasteiger partial charge in [0.15, 0.2) is 6.10 Å². The fourth-order valence-corrected chi connectivity index (χ4v) is 2.77. The average Bonchev–Trinajstić information content (AvgIpc) is 3.06. The number of esters is 1. The zero-order valence-corrected chi connectivity index (χ0v) is 14.8. The van der Waals surface area contributed by atoms with E-state index in [1.807, 2.05) is 41.8 Å². The molecule has 0 aliphatic heterocycles. The number of thiophene rings is 1. The molecule has 1 atom stereocenters. The van der Waals surface area contributed by atoms with E-state index in [2.05, 4.69) is 19.2 Å². The van der Waals surface area contributed by atoms with Gasteiger partial charge in [0, 0.05) is 16.6 Å². The van der Waals surface area contributed by atoms with Crippen molar-refractivity contribution in [2.24, 2.45) is 0 Å². The van der Waals surface area contributed by atoms with Crippen molar-refractivity contribution >= 4 is 35.0 Å². The van der Waals surface area contributed by atoms with E-state index in [4.69, 9.17) is 4.74 Å². The van der Waals surface area contributed by atoms with Crippen molar-refractivity contribution in [2.45, 2.75) is 32.8 Å². The molecule has 0 saturated heterocycles. The van der Waals surface area contributed by atoms with Crippen molar-refractivity contribution < 1.29 is 14.3 Å². The Morgan fingerprint density at radius 3 is 2.54 bits per heavy atom. The summed E-state index contributed by atoms with van der Waals surface area (Å²) in [5.74, 6) is -0.600. The van der Waals surface area contributed by atoms with Gasteiger partial charge in [0.25, 0.3) is 5.91 Å². The first-order chi connectivity index (χ1) is 11.5. The molecule has 2 aromatic rings. The Morgan fingerprint density at radius 2 is 1.88 bits per heavy atom. The van der Waals surface area contributed by atoms with Crippen LogP contribution in [0.3, 0.4) is 0 Å². The molecular weight excluding hydrogens is 322 g/mol. The lowest BCUT2D eigenvalue weighted by Gasteiger charge is -2.16. The topological polar surface area (TPSA) is 55.4 Å². The van der Waals surface area contributed by atoms with Crippen LogP contribution >= 0.6 is 11.3 Å². The number of para-hydroxylation sites is 1. The van der Waals surface area contributed by atoms with Crippen molar-refractivity contribution in [3.05, 3.63) is 58.3 Å². The minimum atomic E-state index is -0.870. The third kappa shape index (κ3) is 5.06. The number of rotatable bonds is 6. The molecule has 0 radical (unpaired) electrons. The molecule has 1 N–H and O–H groups in total. The Bertz CT molecular complexity index is 720. The predicted octanol–water partition coefficient (Wildman–Crippen LogP) is 4.46.